The van der Waals surface area contributed by atoms with Crippen LogP contribution in [0.2, 0.25) is 5.02 Å². The summed E-state index contributed by atoms with van der Waals surface area (Å²) in [5.41, 5.74) is 0.563. The zero-order chi connectivity index (χ0) is 23.0. The van der Waals surface area contributed by atoms with Gasteiger partial charge in [-0.25, -0.2) is 9.59 Å². The monoisotopic (exact) mass is 484 g/mol. The molecule has 0 fully saturated rings. The molecule has 0 radical (unpaired) electrons. The molecule has 0 aliphatic carbocycles. The van der Waals surface area contributed by atoms with Gasteiger partial charge in [0, 0.05) is 5.02 Å². The second-order valence-electron chi connectivity index (χ2n) is 5.95. The number of thiocarbonyl (C=S) groups is 1. The third-order valence-corrected chi connectivity index (χ3v) is 5.39. The van der Waals surface area contributed by atoms with Gasteiger partial charge in [-0.3, -0.25) is 10.1 Å². The molecule has 0 bridgehead atoms. The number of anilines is 1. The normalized spacial score (nSPS) is 10.2. The van der Waals surface area contributed by atoms with Crippen molar-refractivity contribution in [1.82, 2.24) is 5.32 Å². The molecule has 8 nitrogen and oxygen atoms in total. The Morgan fingerprint density at radius 3 is 2.29 bits per heavy atom. The van der Waals surface area contributed by atoms with Crippen molar-refractivity contribution in [3.05, 3.63) is 45.3 Å². The van der Waals surface area contributed by atoms with E-state index in [1.54, 1.807) is 45.0 Å². The van der Waals surface area contributed by atoms with Crippen molar-refractivity contribution in [2.75, 3.05) is 25.1 Å². The summed E-state index contributed by atoms with van der Waals surface area (Å²) >= 11 is 12.0. The summed E-state index contributed by atoms with van der Waals surface area (Å²) in [5.74, 6) is -1.22. The maximum absolute atomic E-state index is 12.4. The molecule has 11 heteroatoms. The lowest BCUT2D eigenvalue weighted by Crippen LogP contribution is -2.37. The molecule has 1 amide bonds. The van der Waals surface area contributed by atoms with Gasteiger partial charge in [0.05, 0.1) is 18.8 Å². The number of benzene rings is 1. The number of carbonyl (C=O) groups excluding carboxylic acids is 3. The van der Waals surface area contributed by atoms with Gasteiger partial charge in [0.15, 0.2) is 11.7 Å². The van der Waals surface area contributed by atoms with Gasteiger partial charge in [-0.05, 0) is 62.8 Å². The Morgan fingerprint density at radius 2 is 1.68 bits per heavy atom. The Morgan fingerprint density at radius 1 is 1.06 bits per heavy atom. The van der Waals surface area contributed by atoms with Gasteiger partial charge in [0.25, 0.3) is 5.91 Å². The molecular formula is C20H21ClN2O6S2. The Hall–Kier alpha value is -2.69. The van der Waals surface area contributed by atoms with Crippen LogP contribution in [0.5, 0.6) is 5.75 Å². The average molecular weight is 485 g/mol. The van der Waals surface area contributed by atoms with Crippen molar-refractivity contribution >= 4 is 63.1 Å². The highest BCUT2D eigenvalue weighted by Crippen LogP contribution is 2.34. The van der Waals surface area contributed by atoms with Gasteiger partial charge in [0.2, 0.25) is 0 Å². The molecule has 0 spiro atoms. The Bertz CT molecular complexity index is 975. The number of halogens is 1. The van der Waals surface area contributed by atoms with E-state index in [1.807, 2.05) is 0 Å². The predicted molar refractivity (Wildman–Crippen MR) is 122 cm³/mol. The van der Waals surface area contributed by atoms with E-state index in [0.29, 0.717) is 16.3 Å². The molecule has 1 aromatic carbocycles. The number of esters is 2. The minimum atomic E-state index is -0.616. The van der Waals surface area contributed by atoms with Crippen molar-refractivity contribution in [3.63, 3.8) is 0 Å². The molecule has 31 heavy (non-hydrogen) atoms. The predicted octanol–water partition coefficient (Wildman–Crippen LogP) is 3.96. The number of hydrogen-bond acceptors (Lipinski definition) is 8. The summed E-state index contributed by atoms with van der Waals surface area (Å²) in [7, 11) is 0. The lowest BCUT2D eigenvalue weighted by molar-refractivity contribution is -0.121. The van der Waals surface area contributed by atoms with Crippen LogP contribution in [-0.4, -0.2) is 42.8 Å². The molecule has 1 aromatic heterocycles. The van der Waals surface area contributed by atoms with Crippen molar-refractivity contribution in [3.8, 4) is 5.75 Å². The number of carbonyl (C=O) groups is 3. The molecule has 0 saturated carbocycles. The number of ether oxygens (including phenoxy) is 3. The third-order valence-electron chi connectivity index (χ3n) is 3.75. The first-order valence-corrected chi connectivity index (χ1v) is 10.8. The molecule has 2 aromatic rings. The molecule has 0 unspecified atom stereocenters. The first-order chi connectivity index (χ1) is 14.8. The van der Waals surface area contributed by atoms with Gasteiger partial charge in [-0.1, -0.05) is 11.6 Å². The summed E-state index contributed by atoms with van der Waals surface area (Å²) in [6.45, 7) is 5.03. The molecule has 2 rings (SSSR count). The zero-order valence-corrected chi connectivity index (χ0v) is 19.5. The lowest BCUT2D eigenvalue weighted by atomic mass is 10.1. The number of amides is 1. The van der Waals surface area contributed by atoms with E-state index in [1.165, 1.54) is 0 Å². The number of hydrogen-bond donors (Lipinski definition) is 2. The Labute approximate surface area is 193 Å². The number of thiophene rings is 1. The third kappa shape index (κ3) is 6.91. The standard InChI is InChI=1S/C20H21ClN2O6S2/c1-4-27-18(25)15-11(3)16(19(26)28-5-2)31-17(15)23-20(30)22-14(24)10-29-13-8-6-12(21)7-9-13/h6-9H,4-5,10H2,1-3H3,(H2,22,23,24,30). The molecule has 2 N–H and O–H groups in total. The van der Waals surface area contributed by atoms with Gasteiger partial charge >= 0.3 is 11.9 Å². The fourth-order valence-electron chi connectivity index (χ4n) is 2.42. The van der Waals surface area contributed by atoms with Gasteiger partial charge in [-0.2, -0.15) is 0 Å². The summed E-state index contributed by atoms with van der Waals surface area (Å²) < 4.78 is 15.5. The number of nitrogens with one attached hydrogen (secondary N) is 2. The van der Waals surface area contributed by atoms with E-state index < -0.39 is 17.8 Å². The van der Waals surface area contributed by atoms with E-state index in [4.69, 9.17) is 38.0 Å². The molecule has 166 valence electrons. The lowest BCUT2D eigenvalue weighted by Gasteiger charge is -2.11. The minimum absolute atomic E-state index is 0.0630. The molecule has 0 aliphatic rings. The summed E-state index contributed by atoms with van der Waals surface area (Å²) in [6, 6.07) is 6.53. The van der Waals surface area contributed by atoms with Crippen LogP contribution < -0.4 is 15.4 Å². The molecule has 1 heterocycles. The van der Waals surface area contributed by atoms with Crippen LogP contribution in [0.25, 0.3) is 0 Å². The summed E-state index contributed by atoms with van der Waals surface area (Å²) in [5, 5.41) is 5.99. The fourth-order valence-corrected chi connectivity index (χ4v) is 3.92. The van der Waals surface area contributed by atoms with Crippen molar-refractivity contribution in [2.45, 2.75) is 20.8 Å². The van der Waals surface area contributed by atoms with Crippen LogP contribution in [0.15, 0.2) is 24.3 Å². The molecule has 0 aliphatic heterocycles. The van der Waals surface area contributed by atoms with Crippen molar-refractivity contribution in [1.29, 1.82) is 0 Å². The summed E-state index contributed by atoms with van der Waals surface area (Å²) in [4.78, 5) is 37.0. The molecular weight excluding hydrogens is 464 g/mol. The highest BCUT2D eigenvalue weighted by atomic mass is 35.5. The quantitative estimate of drug-likeness (QED) is 0.429. The fraction of sp³-hybridized carbons (Fsp3) is 0.300. The van der Waals surface area contributed by atoms with Crippen LogP contribution in [0.3, 0.4) is 0 Å². The zero-order valence-electron chi connectivity index (χ0n) is 17.1. The van der Waals surface area contributed by atoms with E-state index in [0.717, 1.165) is 11.3 Å². The van der Waals surface area contributed by atoms with Crippen molar-refractivity contribution in [2.24, 2.45) is 0 Å². The molecule has 0 saturated heterocycles. The van der Waals surface area contributed by atoms with E-state index in [2.05, 4.69) is 10.6 Å². The first-order valence-electron chi connectivity index (χ1n) is 9.23. The van der Waals surface area contributed by atoms with Crippen LogP contribution in [-0.2, 0) is 14.3 Å². The second kappa shape index (κ2) is 11.6. The van der Waals surface area contributed by atoms with E-state index >= 15 is 0 Å². The highest BCUT2D eigenvalue weighted by Gasteiger charge is 2.27. The number of rotatable bonds is 8. The van der Waals surface area contributed by atoms with Crippen LogP contribution in [0.1, 0.15) is 39.4 Å². The minimum Gasteiger partial charge on any atom is -0.484 e. The molecule has 0 atom stereocenters. The Kier molecular flexibility index (Phi) is 9.22. The van der Waals surface area contributed by atoms with Gasteiger partial charge < -0.3 is 19.5 Å². The van der Waals surface area contributed by atoms with Crippen LogP contribution in [0.4, 0.5) is 5.00 Å². The SMILES string of the molecule is CCOC(=O)c1sc(NC(=S)NC(=O)COc2ccc(Cl)cc2)c(C(=O)OCC)c1C. The Balaban J connectivity index is 2.08. The average Bonchev–Trinajstić information content (AvgIpc) is 3.03. The van der Waals surface area contributed by atoms with Gasteiger partial charge in [0.1, 0.15) is 15.6 Å². The summed E-state index contributed by atoms with van der Waals surface area (Å²) in [6.07, 6.45) is 0. The topological polar surface area (TPSA) is 103 Å². The van der Waals surface area contributed by atoms with E-state index in [-0.39, 0.29) is 40.4 Å². The smallest absolute Gasteiger partial charge is 0.348 e. The second-order valence-corrected chi connectivity index (χ2v) is 7.81. The van der Waals surface area contributed by atoms with Crippen LogP contribution in [0, 0.1) is 6.92 Å². The maximum atomic E-state index is 12.4. The van der Waals surface area contributed by atoms with Crippen LogP contribution >= 0.6 is 35.2 Å². The first kappa shape index (κ1) is 24.6. The highest BCUT2D eigenvalue weighted by molar-refractivity contribution is 7.80. The maximum Gasteiger partial charge on any atom is 0.348 e. The largest absolute Gasteiger partial charge is 0.484 e. The van der Waals surface area contributed by atoms with Gasteiger partial charge in [-0.15, -0.1) is 11.3 Å². The van der Waals surface area contributed by atoms with E-state index in [9.17, 15) is 14.4 Å². The van der Waals surface area contributed by atoms with Crippen molar-refractivity contribution < 1.29 is 28.6 Å².